The molecule has 26 heavy (non-hydrogen) atoms. The molecule has 2 aliphatic rings. The van der Waals surface area contributed by atoms with Crippen LogP contribution in [0.25, 0.3) is 16.7 Å². The zero-order valence-electron chi connectivity index (χ0n) is 15.3. The van der Waals surface area contributed by atoms with Gasteiger partial charge in [0.25, 0.3) is 0 Å². The van der Waals surface area contributed by atoms with E-state index in [2.05, 4.69) is 39.5 Å². The average Bonchev–Trinajstić information content (AvgIpc) is 3.37. The van der Waals surface area contributed by atoms with Crippen molar-refractivity contribution in [1.82, 2.24) is 19.7 Å². The first-order valence-corrected chi connectivity index (χ1v) is 9.46. The second-order valence-electron chi connectivity index (χ2n) is 7.73. The SMILES string of the molecule is C/N=C\C1(c2ccc3cnn(-c4cc(C)nc(C5CC5)n4)c3c2)CCC1. The lowest BCUT2D eigenvalue weighted by Crippen LogP contribution is -2.35. The third-order valence-electron chi connectivity index (χ3n) is 5.79. The third kappa shape index (κ3) is 2.45. The van der Waals surface area contributed by atoms with Crippen LogP contribution in [0.2, 0.25) is 0 Å². The molecule has 0 bridgehead atoms. The van der Waals surface area contributed by atoms with Gasteiger partial charge in [-0.3, -0.25) is 4.99 Å². The Morgan fingerprint density at radius 3 is 2.73 bits per heavy atom. The van der Waals surface area contributed by atoms with Crippen LogP contribution in [0.15, 0.2) is 35.5 Å². The van der Waals surface area contributed by atoms with Crippen LogP contribution in [0.3, 0.4) is 0 Å². The van der Waals surface area contributed by atoms with Gasteiger partial charge >= 0.3 is 0 Å². The summed E-state index contributed by atoms with van der Waals surface area (Å²) >= 11 is 0. The predicted molar refractivity (Wildman–Crippen MR) is 103 cm³/mol. The second kappa shape index (κ2) is 5.73. The summed E-state index contributed by atoms with van der Waals surface area (Å²) in [5.41, 5.74) is 3.54. The van der Waals surface area contributed by atoms with Crippen LogP contribution in [-0.2, 0) is 5.41 Å². The van der Waals surface area contributed by atoms with Crippen molar-refractivity contribution in [3.8, 4) is 5.82 Å². The summed E-state index contributed by atoms with van der Waals surface area (Å²) in [5, 5.41) is 5.77. The molecule has 0 unspecified atom stereocenters. The Hall–Kier alpha value is -2.56. The molecule has 2 aliphatic carbocycles. The van der Waals surface area contributed by atoms with Crippen LogP contribution in [0, 0.1) is 6.92 Å². The van der Waals surface area contributed by atoms with E-state index >= 15 is 0 Å². The van der Waals surface area contributed by atoms with Crippen molar-refractivity contribution in [3.05, 3.63) is 47.5 Å². The molecule has 0 N–H and O–H groups in total. The van der Waals surface area contributed by atoms with Crippen molar-refractivity contribution < 1.29 is 0 Å². The zero-order valence-corrected chi connectivity index (χ0v) is 15.3. The fourth-order valence-electron chi connectivity index (χ4n) is 4.01. The highest BCUT2D eigenvalue weighted by atomic mass is 15.3. The lowest BCUT2D eigenvalue weighted by molar-refractivity contribution is 0.348. The summed E-state index contributed by atoms with van der Waals surface area (Å²) in [6.07, 6.45) is 10.1. The van der Waals surface area contributed by atoms with Gasteiger partial charge in [-0.2, -0.15) is 5.10 Å². The van der Waals surface area contributed by atoms with Crippen LogP contribution < -0.4 is 0 Å². The zero-order chi connectivity index (χ0) is 17.7. The summed E-state index contributed by atoms with van der Waals surface area (Å²) in [4.78, 5) is 13.8. The fourth-order valence-corrected chi connectivity index (χ4v) is 4.01. The highest BCUT2D eigenvalue weighted by Gasteiger charge is 2.37. The van der Waals surface area contributed by atoms with Gasteiger partial charge in [-0.25, -0.2) is 14.6 Å². The highest BCUT2D eigenvalue weighted by molar-refractivity contribution is 5.84. The third-order valence-corrected chi connectivity index (χ3v) is 5.79. The number of aliphatic imine (C=N–C) groups is 1. The molecule has 2 aromatic heterocycles. The average molecular weight is 345 g/mol. The minimum absolute atomic E-state index is 0.0960. The van der Waals surface area contributed by atoms with Gasteiger partial charge in [0.1, 0.15) is 5.82 Å². The van der Waals surface area contributed by atoms with Crippen LogP contribution in [0.1, 0.15) is 55.1 Å². The lowest BCUT2D eigenvalue weighted by atomic mass is 9.65. The van der Waals surface area contributed by atoms with Gasteiger partial charge in [-0.15, -0.1) is 0 Å². The molecule has 2 fully saturated rings. The summed E-state index contributed by atoms with van der Waals surface area (Å²) in [6, 6.07) is 8.71. The van der Waals surface area contributed by atoms with Gasteiger partial charge in [-0.1, -0.05) is 18.6 Å². The second-order valence-corrected chi connectivity index (χ2v) is 7.73. The largest absolute Gasteiger partial charge is 0.300 e. The highest BCUT2D eigenvalue weighted by Crippen LogP contribution is 2.43. The Kier molecular flexibility index (Phi) is 3.45. The van der Waals surface area contributed by atoms with E-state index in [-0.39, 0.29) is 5.41 Å². The Morgan fingerprint density at radius 2 is 2.04 bits per heavy atom. The van der Waals surface area contributed by atoms with E-state index in [9.17, 15) is 0 Å². The molecular weight excluding hydrogens is 322 g/mol. The van der Waals surface area contributed by atoms with Crippen molar-refractivity contribution in [2.45, 2.75) is 50.4 Å². The minimum atomic E-state index is 0.0960. The number of hydrogen-bond acceptors (Lipinski definition) is 4. The van der Waals surface area contributed by atoms with E-state index in [0.29, 0.717) is 5.92 Å². The molecule has 0 saturated heterocycles. The maximum atomic E-state index is 4.81. The topological polar surface area (TPSA) is 56.0 Å². The molecule has 0 spiro atoms. The van der Waals surface area contributed by atoms with Crippen molar-refractivity contribution in [2.75, 3.05) is 7.05 Å². The predicted octanol–water partition coefficient (Wildman–Crippen LogP) is 4.12. The maximum absolute atomic E-state index is 4.81. The molecule has 5 heteroatoms. The van der Waals surface area contributed by atoms with E-state index in [1.807, 2.05) is 30.9 Å². The molecule has 5 rings (SSSR count). The minimum Gasteiger partial charge on any atom is -0.300 e. The molecular formula is C21H23N5. The number of aryl methyl sites for hydroxylation is 1. The van der Waals surface area contributed by atoms with E-state index < -0.39 is 0 Å². The van der Waals surface area contributed by atoms with E-state index in [1.54, 1.807) is 0 Å². The molecule has 3 aromatic rings. The molecule has 1 aromatic carbocycles. The van der Waals surface area contributed by atoms with Gasteiger partial charge in [-0.05, 0) is 44.2 Å². The Morgan fingerprint density at radius 1 is 1.19 bits per heavy atom. The summed E-state index contributed by atoms with van der Waals surface area (Å²) < 4.78 is 1.97. The first-order chi connectivity index (χ1) is 12.7. The summed E-state index contributed by atoms with van der Waals surface area (Å²) in [7, 11) is 1.87. The molecule has 5 nitrogen and oxygen atoms in total. The molecule has 0 aliphatic heterocycles. The Bertz CT molecular complexity index is 1010. The van der Waals surface area contributed by atoms with Crippen molar-refractivity contribution >= 4 is 17.1 Å². The quantitative estimate of drug-likeness (QED) is 0.668. The van der Waals surface area contributed by atoms with Gasteiger partial charge in [0.2, 0.25) is 0 Å². The fraction of sp³-hybridized carbons (Fsp3) is 0.429. The molecule has 0 atom stereocenters. The first-order valence-electron chi connectivity index (χ1n) is 9.46. The number of aromatic nitrogens is 4. The summed E-state index contributed by atoms with van der Waals surface area (Å²) in [6.45, 7) is 2.04. The first kappa shape index (κ1) is 15.7. The normalized spacial score (nSPS) is 19.2. The van der Waals surface area contributed by atoms with Crippen molar-refractivity contribution in [1.29, 1.82) is 0 Å². The van der Waals surface area contributed by atoms with Crippen LogP contribution in [0.5, 0.6) is 0 Å². The number of nitrogens with zero attached hydrogens (tertiary/aromatic N) is 5. The van der Waals surface area contributed by atoms with Crippen LogP contribution in [0.4, 0.5) is 0 Å². The smallest absolute Gasteiger partial charge is 0.157 e. The number of benzene rings is 1. The Balaban J connectivity index is 1.64. The van der Waals surface area contributed by atoms with Gasteiger partial charge < -0.3 is 0 Å². The van der Waals surface area contributed by atoms with Crippen molar-refractivity contribution in [2.24, 2.45) is 4.99 Å². The number of hydrogen-bond donors (Lipinski definition) is 0. The van der Waals surface area contributed by atoms with Gasteiger partial charge in [0, 0.05) is 41.7 Å². The summed E-state index contributed by atoms with van der Waals surface area (Å²) in [5.74, 6) is 2.37. The van der Waals surface area contributed by atoms with Crippen molar-refractivity contribution in [3.63, 3.8) is 0 Å². The number of rotatable bonds is 4. The molecule has 0 amide bonds. The van der Waals surface area contributed by atoms with Crippen LogP contribution in [-0.4, -0.2) is 33.0 Å². The van der Waals surface area contributed by atoms with Gasteiger partial charge in [0.05, 0.1) is 11.7 Å². The maximum Gasteiger partial charge on any atom is 0.157 e. The van der Waals surface area contributed by atoms with Gasteiger partial charge in [0.15, 0.2) is 5.82 Å². The van der Waals surface area contributed by atoms with E-state index in [4.69, 9.17) is 4.98 Å². The monoisotopic (exact) mass is 345 g/mol. The van der Waals surface area contributed by atoms with E-state index in [1.165, 1.54) is 37.7 Å². The number of fused-ring (bicyclic) bond motifs is 1. The van der Waals surface area contributed by atoms with E-state index in [0.717, 1.165) is 28.2 Å². The van der Waals surface area contributed by atoms with Crippen LogP contribution >= 0.6 is 0 Å². The Labute approximate surface area is 153 Å². The standard InChI is InChI=1S/C21H23N5/c1-14-10-19(25-20(24-14)15-4-5-15)26-18-11-17(7-6-16(18)12-23-26)21(13-22-2)8-3-9-21/h6-7,10-13,15H,3-5,8-9H2,1-2H3/b22-13-. The molecule has 0 radical (unpaired) electrons. The molecule has 132 valence electrons. The molecule has 2 heterocycles. The lowest BCUT2D eigenvalue weighted by Gasteiger charge is -2.39. The molecule has 2 saturated carbocycles.